The van der Waals surface area contributed by atoms with Crippen molar-refractivity contribution in [1.29, 1.82) is 0 Å². The number of hydrogen-bond donors (Lipinski definition) is 3. The van der Waals surface area contributed by atoms with E-state index in [9.17, 15) is 4.79 Å². The molecular weight excluding hydrogens is 298 g/mol. The fourth-order valence-corrected chi connectivity index (χ4v) is 4.31. The number of benzene rings is 1. The molecule has 2 fully saturated rings. The number of nitrogens with one attached hydrogen (secondary N) is 2. The predicted octanol–water partition coefficient (Wildman–Crippen LogP) is 3.21. The summed E-state index contributed by atoms with van der Waals surface area (Å²) >= 11 is 0. The molecule has 0 radical (unpaired) electrons. The average Bonchev–Trinajstić information content (AvgIpc) is 3.10. The fourth-order valence-electron chi connectivity index (χ4n) is 4.31. The number of hydrogen-bond acceptors (Lipinski definition) is 2. The van der Waals surface area contributed by atoms with Crippen molar-refractivity contribution < 1.29 is 4.79 Å². The van der Waals surface area contributed by atoms with E-state index in [-0.39, 0.29) is 30.3 Å². The van der Waals surface area contributed by atoms with E-state index < -0.39 is 0 Å². The monoisotopic (exact) mass is 319 g/mol. The molecule has 2 bridgehead atoms. The van der Waals surface area contributed by atoms with Gasteiger partial charge in [0, 0.05) is 28.3 Å². The number of rotatable bonds is 2. The van der Waals surface area contributed by atoms with Gasteiger partial charge < -0.3 is 16.0 Å². The summed E-state index contributed by atoms with van der Waals surface area (Å²) in [7, 11) is 0. The third-order valence-electron chi connectivity index (χ3n) is 5.31. The van der Waals surface area contributed by atoms with E-state index in [4.69, 9.17) is 5.73 Å². The molecule has 22 heavy (non-hydrogen) atoms. The van der Waals surface area contributed by atoms with Crippen molar-refractivity contribution in [1.82, 2.24) is 4.98 Å². The Kier molecular flexibility index (Phi) is 3.91. The highest BCUT2D eigenvalue weighted by Crippen LogP contribution is 2.47. The minimum atomic E-state index is -0.00703. The molecule has 4 rings (SSSR count). The summed E-state index contributed by atoms with van der Waals surface area (Å²) in [6.45, 7) is 2.03. The van der Waals surface area contributed by atoms with Crippen molar-refractivity contribution in [3.05, 3.63) is 30.0 Å². The van der Waals surface area contributed by atoms with Crippen molar-refractivity contribution in [2.75, 3.05) is 5.32 Å². The van der Waals surface area contributed by atoms with E-state index in [1.165, 1.54) is 6.42 Å². The number of aromatic nitrogens is 1. The van der Waals surface area contributed by atoms with Crippen LogP contribution in [-0.4, -0.2) is 16.9 Å². The van der Waals surface area contributed by atoms with Gasteiger partial charge in [0.1, 0.15) is 0 Å². The standard InChI is InChI=1S/C17H21N3O.ClH/c1-9-6-12-8-13(4-5-14(12)19-9)20-17(21)15-10-2-3-11(7-10)16(15)18;/h4-6,8,10-11,15-16,19H,2-3,7,18H2,1H3,(H,20,21);1H. The van der Waals surface area contributed by atoms with Crippen LogP contribution in [0.1, 0.15) is 25.0 Å². The third-order valence-corrected chi connectivity index (χ3v) is 5.31. The first-order valence-corrected chi connectivity index (χ1v) is 7.77. The minimum Gasteiger partial charge on any atom is -0.359 e. The smallest absolute Gasteiger partial charge is 0.229 e. The zero-order valence-corrected chi connectivity index (χ0v) is 13.5. The van der Waals surface area contributed by atoms with Gasteiger partial charge in [-0.05, 0) is 62.3 Å². The number of aryl methyl sites for hydroxylation is 1. The summed E-state index contributed by atoms with van der Waals surface area (Å²) in [6.07, 6.45) is 3.49. The van der Waals surface area contributed by atoms with Gasteiger partial charge in [-0.15, -0.1) is 12.4 Å². The summed E-state index contributed by atoms with van der Waals surface area (Å²) in [4.78, 5) is 15.8. The van der Waals surface area contributed by atoms with Crippen molar-refractivity contribution in [3.8, 4) is 0 Å². The summed E-state index contributed by atoms with van der Waals surface area (Å²) in [5.41, 5.74) is 9.34. The van der Waals surface area contributed by atoms with Crippen LogP contribution in [0.2, 0.25) is 0 Å². The Morgan fingerprint density at radius 1 is 1.27 bits per heavy atom. The number of fused-ring (bicyclic) bond motifs is 3. The maximum Gasteiger partial charge on any atom is 0.229 e. The molecule has 2 aliphatic rings. The number of H-pyrrole nitrogens is 1. The lowest BCUT2D eigenvalue weighted by Gasteiger charge is -2.27. The number of anilines is 1. The Morgan fingerprint density at radius 2 is 2.05 bits per heavy atom. The molecule has 0 spiro atoms. The number of amides is 1. The normalized spacial score (nSPS) is 29.5. The van der Waals surface area contributed by atoms with Crippen molar-refractivity contribution in [2.24, 2.45) is 23.5 Å². The molecule has 2 saturated carbocycles. The summed E-state index contributed by atoms with van der Waals surface area (Å²) in [5, 5.41) is 4.20. The van der Waals surface area contributed by atoms with Crippen LogP contribution in [-0.2, 0) is 4.79 Å². The lowest BCUT2D eigenvalue weighted by Crippen LogP contribution is -2.42. The van der Waals surface area contributed by atoms with Crippen molar-refractivity contribution in [2.45, 2.75) is 32.2 Å². The zero-order chi connectivity index (χ0) is 14.6. The molecule has 2 aromatic rings. The van der Waals surface area contributed by atoms with Crippen LogP contribution in [0, 0.1) is 24.7 Å². The van der Waals surface area contributed by atoms with Crippen LogP contribution in [0.5, 0.6) is 0 Å². The number of halogens is 1. The molecule has 118 valence electrons. The van der Waals surface area contributed by atoms with Gasteiger partial charge >= 0.3 is 0 Å². The zero-order valence-electron chi connectivity index (χ0n) is 12.6. The van der Waals surface area contributed by atoms with Gasteiger partial charge in [-0.3, -0.25) is 4.79 Å². The van der Waals surface area contributed by atoms with Crippen LogP contribution in [0.15, 0.2) is 24.3 Å². The van der Waals surface area contributed by atoms with E-state index in [0.717, 1.165) is 35.1 Å². The average molecular weight is 320 g/mol. The van der Waals surface area contributed by atoms with Crippen LogP contribution >= 0.6 is 12.4 Å². The molecule has 1 aromatic carbocycles. The van der Waals surface area contributed by atoms with E-state index in [0.29, 0.717) is 11.8 Å². The molecule has 1 amide bonds. The maximum absolute atomic E-state index is 12.6. The second-order valence-corrected chi connectivity index (χ2v) is 6.68. The Morgan fingerprint density at radius 3 is 2.77 bits per heavy atom. The number of carbonyl (C=O) groups is 1. The van der Waals surface area contributed by atoms with Gasteiger partial charge in [0.05, 0.1) is 5.92 Å². The predicted molar refractivity (Wildman–Crippen MR) is 91.2 cm³/mol. The van der Waals surface area contributed by atoms with Crippen molar-refractivity contribution >= 4 is 34.9 Å². The quantitative estimate of drug-likeness (QED) is 0.795. The third kappa shape index (κ3) is 2.40. The first-order valence-electron chi connectivity index (χ1n) is 7.77. The fraction of sp³-hybridized carbons (Fsp3) is 0.471. The second kappa shape index (κ2) is 5.60. The number of aromatic amines is 1. The van der Waals surface area contributed by atoms with Gasteiger partial charge in [-0.25, -0.2) is 0 Å². The Labute approximate surface area is 136 Å². The van der Waals surface area contributed by atoms with E-state index in [2.05, 4.69) is 16.4 Å². The lowest BCUT2D eigenvalue weighted by atomic mass is 9.84. The summed E-state index contributed by atoms with van der Waals surface area (Å²) < 4.78 is 0. The number of carbonyl (C=O) groups excluding carboxylic acids is 1. The SMILES string of the molecule is Cc1cc2cc(NC(=O)C3C4CCC(C4)C3N)ccc2[nH]1.Cl. The molecule has 2 aliphatic carbocycles. The number of nitrogens with two attached hydrogens (primary N) is 1. The van der Waals surface area contributed by atoms with Gasteiger partial charge in [0.2, 0.25) is 5.91 Å². The molecule has 4 unspecified atom stereocenters. The van der Waals surface area contributed by atoms with Crippen molar-refractivity contribution in [3.63, 3.8) is 0 Å². The Bertz CT molecular complexity index is 709. The second-order valence-electron chi connectivity index (χ2n) is 6.68. The van der Waals surface area contributed by atoms with Gasteiger partial charge in [-0.1, -0.05) is 0 Å². The van der Waals surface area contributed by atoms with E-state index in [1.54, 1.807) is 0 Å². The van der Waals surface area contributed by atoms with Crippen LogP contribution in [0.4, 0.5) is 5.69 Å². The maximum atomic E-state index is 12.6. The Hall–Kier alpha value is -1.52. The molecule has 4 nitrogen and oxygen atoms in total. The summed E-state index contributed by atoms with van der Waals surface area (Å²) in [6, 6.07) is 8.12. The highest BCUT2D eigenvalue weighted by atomic mass is 35.5. The first-order chi connectivity index (χ1) is 10.1. The van der Waals surface area contributed by atoms with Gasteiger partial charge in [-0.2, -0.15) is 0 Å². The molecule has 0 saturated heterocycles. The molecular formula is C17H22ClN3O. The minimum absolute atomic E-state index is 0. The highest BCUT2D eigenvalue weighted by molar-refractivity contribution is 5.96. The van der Waals surface area contributed by atoms with E-state index >= 15 is 0 Å². The van der Waals surface area contributed by atoms with Crippen LogP contribution in [0.3, 0.4) is 0 Å². The highest BCUT2D eigenvalue weighted by Gasteiger charge is 2.49. The van der Waals surface area contributed by atoms with Crippen LogP contribution in [0.25, 0.3) is 10.9 Å². The van der Waals surface area contributed by atoms with Crippen LogP contribution < -0.4 is 11.1 Å². The summed E-state index contributed by atoms with van der Waals surface area (Å²) in [5.74, 6) is 1.14. The molecule has 5 heteroatoms. The molecule has 4 atom stereocenters. The largest absolute Gasteiger partial charge is 0.359 e. The van der Waals surface area contributed by atoms with Gasteiger partial charge in [0.15, 0.2) is 0 Å². The van der Waals surface area contributed by atoms with E-state index in [1.807, 2.05) is 25.1 Å². The molecule has 1 heterocycles. The molecule has 0 aliphatic heterocycles. The Balaban J connectivity index is 0.00000144. The van der Waals surface area contributed by atoms with Gasteiger partial charge in [0.25, 0.3) is 0 Å². The first kappa shape index (κ1) is 15.4. The molecule has 4 N–H and O–H groups in total. The topological polar surface area (TPSA) is 70.9 Å². The lowest BCUT2D eigenvalue weighted by molar-refractivity contribution is -0.121. The molecule has 1 aromatic heterocycles.